The van der Waals surface area contributed by atoms with Gasteiger partial charge in [0.15, 0.2) is 0 Å². The summed E-state index contributed by atoms with van der Waals surface area (Å²) in [6.45, 7) is 2.25. The predicted molar refractivity (Wildman–Crippen MR) is 269 cm³/mol. The van der Waals surface area contributed by atoms with Gasteiger partial charge in [-0.1, -0.05) is 152 Å². The average Bonchev–Trinajstić information content (AvgIpc) is 3.37. The zero-order chi connectivity index (χ0) is 42.4. The number of hydrogen-bond donors (Lipinski definition) is 0. The predicted octanol–water partition coefficient (Wildman–Crippen LogP) is 17.0. The van der Waals surface area contributed by atoms with Crippen LogP contribution in [-0.2, 0) is 0 Å². The van der Waals surface area contributed by atoms with E-state index in [1.165, 1.54) is 84.0 Å². The number of allylic oxidation sites excluding steroid dienone is 16. The van der Waals surface area contributed by atoms with Crippen molar-refractivity contribution in [2.75, 3.05) is 9.80 Å². The average molecular weight is 815 g/mol. The third kappa shape index (κ3) is 8.81. The Hall–Kier alpha value is -7.16. The van der Waals surface area contributed by atoms with Crippen LogP contribution in [0.5, 0.6) is 0 Å². The van der Waals surface area contributed by atoms with Crippen molar-refractivity contribution in [3.05, 3.63) is 252 Å². The summed E-state index contributed by atoms with van der Waals surface area (Å²) in [5.41, 5.74) is 21.8. The van der Waals surface area contributed by atoms with Crippen LogP contribution in [0.25, 0.3) is 33.4 Å². The quantitative estimate of drug-likeness (QED) is 0.129. The van der Waals surface area contributed by atoms with Crippen molar-refractivity contribution in [2.24, 2.45) is 0 Å². The maximum Gasteiger partial charge on any atom is 0.0491 e. The van der Waals surface area contributed by atoms with Crippen molar-refractivity contribution in [1.82, 2.24) is 0 Å². The van der Waals surface area contributed by atoms with Crippen LogP contribution in [0.15, 0.2) is 235 Å². The van der Waals surface area contributed by atoms with Gasteiger partial charge in [-0.05, 0) is 180 Å². The molecule has 4 aliphatic carbocycles. The summed E-state index contributed by atoms with van der Waals surface area (Å²) >= 11 is 0. The van der Waals surface area contributed by atoms with E-state index in [4.69, 9.17) is 0 Å². The molecule has 0 amide bonds. The van der Waals surface area contributed by atoms with Gasteiger partial charge in [0.25, 0.3) is 0 Å². The van der Waals surface area contributed by atoms with Gasteiger partial charge < -0.3 is 9.80 Å². The molecular weight excluding hydrogens is 761 g/mol. The molecule has 6 aromatic carbocycles. The van der Waals surface area contributed by atoms with Gasteiger partial charge in [0.05, 0.1) is 0 Å². The van der Waals surface area contributed by atoms with Crippen molar-refractivity contribution < 1.29 is 0 Å². The number of nitrogens with zero attached hydrogens (tertiary/aromatic N) is 2. The van der Waals surface area contributed by atoms with Gasteiger partial charge in [0, 0.05) is 34.1 Å². The van der Waals surface area contributed by atoms with E-state index in [2.05, 4.69) is 229 Å². The van der Waals surface area contributed by atoms with E-state index in [1.807, 2.05) is 0 Å². The third-order valence-corrected chi connectivity index (χ3v) is 13.0. The zero-order valence-corrected chi connectivity index (χ0v) is 36.3. The fraction of sp³-hybridized carbons (Fsp3) is 0.148. The summed E-state index contributed by atoms with van der Waals surface area (Å²) < 4.78 is 0. The highest BCUT2D eigenvalue weighted by molar-refractivity contribution is 5.82. The highest BCUT2D eigenvalue weighted by Crippen LogP contribution is 2.41. The first-order valence-electron chi connectivity index (χ1n) is 22.8. The van der Waals surface area contributed by atoms with Crippen molar-refractivity contribution in [3.63, 3.8) is 0 Å². The smallest absolute Gasteiger partial charge is 0.0491 e. The van der Waals surface area contributed by atoms with Crippen LogP contribution in [0.2, 0.25) is 0 Å². The van der Waals surface area contributed by atoms with Gasteiger partial charge in [0.1, 0.15) is 0 Å². The van der Waals surface area contributed by atoms with Crippen LogP contribution in [0.3, 0.4) is 0 Å². The van der Waals surface area contributed by atoms with Gasteiger partial charge in [-0.15, -0.1) is 0 Å². The number of hydrogen-bond acceptors (Lipinski definition) is 2. The van der Waals surface area contributed by atoms with Crippen molar-refractivity contribution in [3.8, 4) is 22.3 Å². The summed E-state index contributed by atoms with van der Waals surface area (Å²) in [7, 11) is 0. The minimum absolute atomic E-state index is 0.976. The highest BCUT2D eigenvalue weighted by Gasteiger charge is 2.23. The molecule has 0 saturated carbocycles. The van der Waals surface area contributed by atoms with Crippen LogP contribution >= 0.6 is 0 Å². The first-order valence-corrected chi connectivity index (χ1v) is 22.8. The molecule has 10 rings (SSSR count). The van der Waals surface area contributed by atoms with E-state index in [0.29, 0.717) is 0 Å². The molecule has 0 atom stereocenters. The second kappa shape index (κ2) is 18.4. The summed E-state index contributed by atoms with van der Waals surface area (Å²) in [6.07, 6.45) is 31.9. The molecule has 0 fully saturated rings. The van der Waals surface area contributed by atoms with Crippen molar-refractivity contribution in [1.29, 1.82) is 0 Å². The second-order valence-electron chi connectivity index (χ2n) is 17.0. The minimum atomic E-state index is 0.976. The Morgan fingerprint density at radius 2 is 0.921 bits per heavy atom. The summed E-state index contributed by atoms with van der Waals surface area (Å²) in [6, 6.07) is 55.5. The zero-order valence-electron chi connectivity index (χ0n) is 36.3. The van der Waals surface area contributed by atoms with E-state index in [-0.39, 0.29) is 0 Å². The van der Waals surface area contributed by atoms with Crippen LogP contribution in [0, 0.1) is 6.92 Å². The van der Waals surface area contributed by atoms with Gasteiger partial charge in [0.2, 0.25) is 0 Å². The molecule has 0 unspecified atom stereocenters. The Labute approximate surface area is 374 Å². The van der Waals surface area contributed by atoms with E-state index in [9.17, 15) is 0 Å². The Balaban J connectivity index is 0.926. The van der Waals surface area contributed by atoms with Crippen molar-refractivity contribution >= 4 is 33.9 Å². The van der Waals surface area contributed by atoms with E-state index in [0.717, 1.165) is 62.7 Å². The first-order chi connectivity index (χ1) is 31.1. The van der Waals surface area contributed by atoms with Gasteiger partial charge >= 0.3 is 0 Å². The molecule has 0 heterocycles. The molecule has 6 aromatic rings. The van der Waals surface area contributed by atoms with E-state index >= 15 is 0 Å². The molecule has 0 aromatic heterocycles. The molecule has 0 aliphatic heterocycles. The van der Waals surface area contributed by atoms with Crippen molar-refractivity contribution in [2.45, 2.75) is 58.3 Å². The third-order valence-electron chi connectivity index (χ3n) is 13.0. The fourth-order valence-electron chi connectivity index (χ4n) is 9.55. The lowest BCUT2D eigenvalue weighted by Gasteiger charge is -2.34. The maximum absolute atomic E-state index is 2.54. The molecule has 63 heavy (non-hydrogen) atoms. The highest BCUT2D eigenvalue weighted by atomic mass is 15.2. The number of para-hydroxylation sites is 1. The molecule has 0 saturated heterocycles. The number of rotatable bonds is 11. The SMILES string of the molecule is Cc1cc(C2=CC=C(N(C3=CC=C(C4=CC=CCC4)CC3)c3ccc(C4=CCCC=C4)cc3)CC2)ccc1N(c1ccccc1)c1ccc(-c2ccc(-c3ccccc3)cc2)cc1. The Kier molecular flexibility index (Phi) is 11.7. The van der Waals surface area contributed by atoms with Crippen LogP contribution in [-0.4, -0.2) is 0 Å². The molecule has 2 heteroatoms. The van der Waals surface area contributed by atoms with Crippen LogP contribution in [0.1, 0.15) is 68.1 Å². The number of benzene rings is 6. The molecule has 4 aliphatic rings. The van der Waals surface area contributed by atoms with Gasteiger partial charge in [-0.2, -0.15) is 0 Å². The summed E-state index contributed by atoms with van der Waals surface area (Å²) in [4.78, 5) is 4.93. The Morgan fingerprint density at radius 3 is 1.49 bits per heavy atom. The molecule has 2 nitrogen and oxygen atoms in total. The van der Waals surface area contributed by atoms with E-state index in [1.54, 1.807) is 0 Å². The van der Waals surface area contributed by atoms with Gasteiger partial charge in [-0.25, -0.2) is 0 Å². The minimum Gasteiger partial charge on any atom is -0.318 e. The maximum atomic E-state index is 2.54. The normalized spacial score (nSPS) is 16.0. The summed E-state index contributed by atoms with van der Waals surface area (Å²) in [5.74, 6) is 0. The fourth-order valence-corrected chi connectivity index (χ4v) is 9.55. The lowest BCUT2D eigenvalue weighted by Crippen LogP contribution is -2.24. The van der Waals surface area contributed by atoms with Gasteiger partial charge in [-0.3, -0.25) is 0 Å². The molecule has 0 radical (unpaired) electrons. The van der Waals surface area contributed by atoms with Crippen LogP contribution in [0.4, 0.5) is 22.7 Å². The van der Waals surface area contributed by atoms with Crippen LogP contribution < -0.4 is 9.80 Å². The number of aryl methyl sites for hydroxylation is 1. The molecule has 308 valence electrons. The second-order valence-corrected chi connectivity index (χ2v) is 17.0. The number of anilines is 4. The monoisotopic (exact) mass is 814 g/mol. The summed E-state index contributed by atoms with van der Waals surface area (Å²) in [5, 5.41) is 0. The topological polar surface area (TPSA) is 6.48 Å². The first kappa shape index (κ1) is 39.9. The standard InChI is InChI=1S/C61H54N2/c1-45-44-55(34-43-61(45)63(56-20-12-5-13-21-56)60-41-30-53(31-42-60)50-24-22-49(23-25-50)46-14-6-2-7-15-46)54-32-39-59(40-33-54)62(57-35-26-51(27-36-57)47-16-8-3-9-17-47)58-37-28-52(29-38-58)48-18-10-4-11-19-48/h2-3,5-8,10,12-16,18-26,28-32,34-35,37-39,41-44H,4,9,11,17,27,33,36,40H2,1H3. The molecule has 0 spiro atoms. The lowest BCUT2D eigenvalue weighted by molar-refractivity contribution is 0.814. The molecule has 0 N–H and O–H groups in total. The van der Waals surface area contributed by atoms with E-state index < -0.39 is 0 Å². The Morgan fingerprint density at radius 1 is 0.381 bits per heavy atom. The molecule has 0 bridgehead atoms. The Bertz CT molecular complexity index is 2840. The lowest BCUT2D eigenvalue weighted by atomic mass is 9.89. The molecular formula is C61H54N2. The largest absolute Gasteiger partial charge is 0.318 e.